The molecule has 92 valence electrons. The first-order valence-corrected chi connectivity index (χ1v) is 7.08. The lowest BCUT2D eigenvalue weighted by atomic mass is 10.1. The molecule has 2 nitrogen and oxygen atoms in total. The molecule has 2 rings (SSSR count). The third-order valence-electron chi connectivity index (χ3n) is 2.43. The normalized spacial score (nSPS) is 10.3. The van der Waals surface area contributed by atoms with E-state index in [-0.39, 0.29) is 5.78 Å². The van der Waals surface area contributed by atoms with Gasteiger partial charge in [0.2, 0.25) is 0 Å². The molecule has 0 aliphatic rings. The maximum Gasteiger partial charge on any atom is 0.143 e. The van der Waals surface area contributed by atoms with Crippen LogP contribution in [0.5, 0.6) is 0 Å². The van der Waals surface area contributed by atoms with Crippen LogP contribution < -0.4 is 0 Å². The van der Waals surface area contributed by atoms with Gasteiger partial charge in [-0.2, -0.15) is 0 Å². The Morgan fingerprint density at radius 3 is 2.39 bits per heavy atom. The van der Waals surface area contributed by atoms with Crippen LogP contribution in [-0.4, -0.2) is 10.8 Å². The summed E-state index contributed by atoms with van der Waals surface area (Å²) in [5.41, 5.74) is 1.81. The van der Waals surface area contributed by atoms with E-state index < -0.39 is 0 Å². The molecule has 0 fully saturated rings. The topological polar surface area (TPSA) is 30.0 Å². The van der Waals surface area contributed by atoms with Gasteiger partial charge in [-0.15, -0.1) is 0 Å². The van der Waals surface area contributed by atoms with Crippen molar-refractivity contribution in [3.8, 4) is 0 Å². The molecule has 1 aromatic carbocycles. The molecule has 0 radical (unpaired) electrons. The van der Waals surface area contributed by atoms with Gasteiger partial charge < -0.3 is 0 Å². The van der Waals surface area contributed by atoms with Crippen molar-refractivity contribution in [2.45, 2.75) is 12.8 Å². The molecule has 0 spiro atoms. The number of ketones is 1. The molecule has 0 amide bonds. The average Bonchev–Trinajstić information content (AvgIpc) is 2.28. The van der Waals surface area contributed by atoms with E-state index in [0.717, 1.165) is 20.2 Å². The highest BCUT2D eigenvalue weighted by Crippen LogP contribution is 2.20. The van der Waals surface area contributed by atoms with E-state index in [4.69, 9.17) is 0 Å². The Morgan fingerprint density at radius 1 is 1.06 bits per heavy atom. The molecule has 1 heterocycles. The van der Waals surface area contributed by atoms with Gasteiger partial charge in [-0.1, -0.05) is 37.9 Å². The molecule has 0 saturated heterocycles. The fourth-order valence-corrected chi connectivity index (χ4v) is 3.10. The number of benzene rings is 1. The van der Waals surface area contributed by atoms with Gasteiger partial charge in [0.05, 0.1) is 0 Å². The van der Waals surface area contributed by atoms with Crippen LogP contribution in [0.25, 0.3) is 0 Å². The number of rotatable bonds is 4. The highest BCUT2D eigenvalue weighted by molar-refractivity contribution is 9.11. The molecule has 0 aliphatic heterocycles. The Bertz CT molecular complexity index is 535. The molecule has 2 aromatic rings. The van der Waals surface area contributed by atoms with Crippen LogP contribution in [0.15, 0.2) is 51.5 Å². The monoisotopic (exact) mass is 367 g/mol. The van der Waals surface area contributed by atoms with Crippen LogP contribution in [0.4, 0.5) is 0 Å². The molecule has 0 atom stereocenters. The quantitative estimate of drug-likeness (QED) is 0.817. The van der Waals surface area contributed by atoms with E-state index in [2.05, 4.69) is 36.8 Å². The van der Waals surface area contributed by atoms with E-state index in [9.17, 15) is 4.79 Å². The Morgan fingerprint density at radius 2 is 1.78 bits per heavy atom. The average molecular weight is 369 g/mol. The smallest absolute Gasteiger partial charge is 0.143 e. The summed E-state index contributed by atoms with van der Waals surface area (Å²) in [4.78, 5) is 16.1. The van der Waals surface area contributed by atoms with Crippen molar-refractivity contribution >= 4 is 37.6 Å². The number of halogens is 2. The molecule has 1 aromatic heterocycles. The standard InChI is InChI=1S/C14H11Br2NO/c15-11-5-10(6-12(16)8-11)7-14(18)9-13-3-1-2-4-17-13/h1-6,8H,7,9H2. The molecule has 4 heteroatoms. The lowest BCUT2D eigenvalue weighted by Crippen LogP contribution is -2.07. The molecule has 0 unspecified atom stereocenters. The van der Waals surface area contributed by atoms with Crippen LogP contribution in [-0.2, 0) is 17.6 Å². The van der Waals surface area contributed by atoms with Crippen LogP contribution in [0, 0.1) is 0 Å². The first-order valence-electron chi connectivity index (χ1n) is 5.50. The Kier molecular flexibility index (Phi) is 4.66. The summed E-state index contributed by atoms with van der Waals surface area (Å²) in [6.07, 6.45) is 2.51. The highest BCUT2D eigenvalue weighted by Gasteiger charge is 2.07. The zero-order chi connectivity index (χ0) is 13.0. The minimum atomic E-state index is 0.165. The van der Waals surface area contributed by atoms with Gasteiger partial charge in [0, 0.05) is 33.7 Å². The Labute approximate surface area is 123 Å². The van der Waals surface area contributed by atoms with Gasteiger partial charge in [-0.05, 0) is 35.9 Å². The number of hydrogen-bond donors (Lipinski definition) is 0. The maximum absolute atomic E-state index is 11.9. The molecule has 0 bridgehead atoms. The Balaban J connectivity index is 2.03. The minimum absolute atomic E-state index is 0.165. The largest absolute Gasteiger partial charge is 0.299 e. The molecular weight excluding hydrogens is 358 g/mol. The van der Waals surface area contributed by atoms with Crippen molar-refractivity contribution in [2.24, 2.45) is 0 Å². The van der Waals surface area contributed by atoms with Crippen LogP contribution in [0.3, 0.4) is 0 Å². The van der Waals surface area contributed by atoms with Gasteiger partial charge in [0.1, 0.15) is 5.78 Å². The second-order valence-electron chi connectivity index (χ2n) is 3.99. The predicted octanol–water partition coefficient (Wildman–Crippen LogP) is 3.96. The number of nitrogens with zero attached hydrogens (tertiary/aromatic N) is 1. The molecule has 18 heavy (non-hydrogen) atoms. The molecular formula is C14H11Br2NO. The fourth-order valence-electron chi connectivity index (χ4n) is 1.71. The molecule has 0 N–H and O–H groups in total. The number of carbonyl (C=O) groups excluding carboxylic acids is 1. The van der Waals surface area contributed by atoms with E-state index in [1.165, 1.54) is 0 Å². The first kappa shape index (κ1) is 13.4. The highest BCUT2D eigenvalue weighted by atomic mass is 79.9. The van der Waals surface area contributed by atoms with Crippen molar-refractivity contribution < 1.29 is 4.79 Å². The van der Waals surface area contributed by atoms with Crippen LogP contribution >= 0.6 is 31.9 Å². The van der Waals surface area contributed by atoms with Crippen molar-refractivity contribution in [1.82, 2.24) is 4.98 Å². The number of Topliss-reactive ketones (excluding diaryl/α,β-unsaturated/α-hetero) is 1. The van der Waals surface area contributed by atoms with E-state index in [1.807, 2.05) is 36.4 Å². The van der Waals surface area contributed by atoms with Crippen molar-refractivity contribution in [1.29, 1.82) is 0 Å². The van der Waals surface area contributed by atoms with E-state index >= 15 is 0 Å². The van der Waals surface area contributed by atoms with Crippen LogP contribution in [0.1, 0.15) is 11.3 Å². The van der Waals surface area contributed by atoms with Gasteiger partial charge in [0.15, 0.2) is 0 Å². The second kappa shape index (κ2) is 6.25. The predicted molar refractivity (Wildman–Crippen MR) is 78.5 cm³/mol. The van der Waals surface area contributed by atoms with Gasteiger partial charge in [0.25, 0.3) is 0 Å². The van der Waals surface area contributed by atoms with Crippen LogP contribution in [0.2, 0.25) is 0 Å². The van der Waals surface area contributed by atoms with Gasteiger partial charge >= 0.3 is 0 Å². The summed E-state index contributed by atoms with van der Waals surface area (Å²) in [5, 5.41) is 0. The summed E-state index contributed by atoms with van der Waals surface area (Å²) >= 11 is 6.83. The van der Waals surface area contributed by atoms with Gasteiger partial charge in [-0.25, -0.2) is 0 Å². The third kappa shape index (κ3) is 4.03. The number of aromatic nitrogens is 1. The lowest BCUT2D eigenvalue weighted by Gasteiger charge is -2.03. The zero-order valence-corrected chi connectivity index (χ0v) is 12.7. The fraction of sp³-hybridized carbons (Fsp3) is 0.143. The lowest BCUT2D eigenvalue weighted by molar-refractivity contribution is -0.117. The number of pyridine rings is 1. The Hall–Kier alpha value is -1.00. The SMILES string of the molecule is O=C(Cc1cc(Br)cc(Br)c1)Cc1ccccn1. The van der Waals surface area contributed by atoms with Crippen molar-refractivity contribution in [2.75, 3.05) is 0 Å². The second-order valence-corrected chi connectivity index (χ2v) is 5.82. The molecule has 0 aliphatic carbocycles. The van der Waals surface area contributed by atoms with Gasteiger partial charge in [-0.3, -0.25) is 9.78 Å². The summed E-state index contributed by atoms with van der Waals surface area (Å²) in [5.74, 6) is 0.165. The van der Waals surface area contributed by atoms with Crippen molar-refractivity contribution in [3.63, 3.8) is 0 Å². The summed E-state index contributed by atoms with van der Waals surface area (Å²) in [6.45, 7) is 0. The van der Waals surface area contributed by atoms with E-state index in [0.29, 0.717) is 12.8 Å². The molecule has 0 saturated carbocycles. The number of hydrogen-bond acceptors (Lipinski definition) is 2. The number of carbonyl (C=O) groups is 1. The third-order valence-corrected chi connectivity index (χ3v) is 3.34. The summed E-state index contributed by atoms with van der Waals surface area (Å²) < 4.78 is 1.94. The zero-order valence-electron chi connectivity index (χ0n) is 9.57. The first-order chi connectivity index (χ1) is 8.63. The maximum atomic E-state index is 11.9. The minimum Gasteiger partial charge on any atom is -0.299 e. The summed E-state index contributed by atoms with van der Waals surface area (Å²) in [7, 11) is 0. The van der Waals surface area contributed by atoms with E-state index in [1.54, 1.807) is 6.20 Å². The summed E-state index contributed by atoms with van der Waals surface area (Å²) in [6, 6.07) is 11.5. The van der Waals surface area contributed by atoms with Crippen molar-refractivity contribution in [3.05, 3.63) is 62.8 Å².